The van der Waals surface area contributed by atoms with E-state index >= 15 is 0 Å². The largest absolute Gasteiger partial charge is 0.378 e. The fourth-order valence-electron chi connectivity index (χ4n) is 6.27. The Hall–Kier alpha value is -1.62. The van der Waals surface area contributed by atoms with Crippen LogP contribution in [0.15, 0.2) is 18.2 Å². The molecule has 1 saturated heterocycles. The standard InChI is InChI=1S/C21H27FN2O2/c22-18-2-1-17(24-3-5-26-6-4-24)10-19(18)23-20(25)21-11-14-7-15(12-21)9-16(8-14)13-21/h1-2,10,14-16H,3-9,11-13H2,(H,23,25). The molecule has 0 spiro atoms. The van der Waals surface area contributed by atoms with Gasteiger partial charge < -0.3 is 15.0 Å². The highest BCUT2D eigenvalue weighted by Gasteiger charge is 2.54. The molecule has 0 radical (unpaired) electrons. The van der Waals surface area contributed by atoms with Gasteiger partial charge in [-0.1, -0.05) is 0 Å². The molecule has 1 aliphatic heterocycles. The number of hydrogen-bond acceptors (Lipinski definition) is 3. The zero-order valence-electron chi connectivity index (χ0n) is 15.2. The molecule has 4 aliphatic carbocycles. The molecule has 5 aliphatic rings. The van der Waals surface area contributed by atoms with Gasteiger partial charge in [-0.25, -0.2) is 4.39 Å². The number of rotatable bonds is 3. The van der Waals surface area contributed by atoms with Crippen molar-refractivity contribution in [1.29, 1.82) is 0 Å². The molecule has 0 atom stereocenters. The Kier molecular flexibility index (Phi) is 3.96. The summed E-state index contributed by atoms with van der Waals surface area (Å²) < 4.78 is 19.8. The molecule has 4 nitrogen and oxygen atoms in total. The second-order valence-corrected chi connectivity index (χ2v) is 8.92. The van der Waals surface area contributed by atoms with Crippen LogP contribution in [0.5, 0.6) is 0 Å². The first-order valence-corrected chi connectivity index (χ1v) is 10.0. The number of amides is 1. The van der Waals surface area contributed by atoms with Gasteiger partial charge in [0.2, 0.25) is 5.91 Å². The van der Waals surface area contributed by atoms with Crippen LogP contribution in [0.3, 0.4) is 0 Å². The van der Waals surface area contributed by atoms with Gasteiger partial charge in [-0.05, 0) is 74.5 Å². The number of ether oxygens (including phenoxy) is 1. The van der Waals surface area contributed by atoms with Gasteiger partial charge in [0.05, 0.1) is 24.3 Å². The van der Waals surface area contributed by atoms with E-state index in [0.717, 1.165) is 38.0 Å². The summed E-state index contributed by atoms with van der Waals surface area (Å²) >= 11 is 0. The molecule has 1 aromatic rings. The van der Waals surface area contributed by atoms with Gasteiger partial charge >= 0.3 is 0 Å². The molecule has 140 valence electrons. The summed E-state index contributed by atoms with van der Waals surface area (Å²) in [5, 5.41) is 2.97. The summed E-state index contributed by atoms with van der Waals surface area (Å²) in [6, 6.07) is 5.06. The number of hydrogen-bond donors (Lipinski definition) is 1. The first kappa shape index (κ1) is 16.5. The number of carbonyl (C=O) groups is 1. The molecule has 5 heteroatoms. The number of halogens is 1. The molecule has 0 aromatic heterocycles. The third-order valence-electron chi connectivity index (χ3n) is 7.09. The highest BCUT2D eigenvalue weighted by Crippen LogP contribution is 2.60. The second-order valence-electron chi connectivity index (χ2n) is 8.92. The van der Waals surface area contributed by atoms with E-state index in [4.69, 9.17) is 4.74 Å². The van der Waals surface area contributed by atoms with Crippen molar-refractivity contribution in [3.05, 3.63) is 24.0 Å². The van der Waals surface area contributed by atoms with Gasteiger partial charge in [0.25, 0.3) is 0 Å². The quantitative estimate of drug-likeness (QED) is 0.893. The maximum Gasteiger partial charge on any atom is 0.230 e. The first-order valence-electron chi connectivity index (χ1n) is 10.0. The molecular formula is C21H27FN2O2. The van der Waals surface area contributed by atoms with E-state index in [9.17, 15) is 9.18 Å². The van der Waals surface area contributed by atoms with Crippen LogP contribution in [-0.4, -0.2) is 32.2 Å². The normalized spacial score (nSPS) is 35.6. The van der Waals surface area contributed by atoms with Crippen LogP contribution in [0.2, 0.25) is 0 Å². The number of nitrogens with zero attached hydrogens (tertiary/aromatic N) is 1. The molecule has 6 rings (SSSR count). The predicted molar refractivity (Wildman–Crippen MR) is 98.7 cm³/mol. The van der Waals surface area contributed by atoms with E-state index < -0.39 is 0 Å². The molecular weight excluding hydrogens is 331 g/mol. The third-order valence-corrected chi connectivity index (χ3v) is 7.09. The summed E-state index contributed by atoms with van der Waals surface area (Å²) in [7, 11) is 0. The van der Waals surface area contributed by atoms with Crippen molar-refractivity contribution in [3.63, 3.8) is 0 Å². The lowest BCUT2D eigenvalue weighted by Crippen LogP contribution is -2.51. The van der Waals surface area contributed by atoms with Crippen molar-refractivity contribution in [2.45, 2.75) is 38.5 Å². The zero-order valence-corrected chi connectivity index (χ0v) is 15.2. The molecule has 26 heavy (non-hydrogen) atoms. The van der Waals surface area contributed by atoms with Gasteiger partial charge in [-0.2, -0.15) is 0 Å². The molecule has 1 amide bonds. The van der Waals surface area contributed by atoms with Crippen molar-refractivity contribution >= 4 is 17.3 Å². The minimum Gasteiger partial charge on any atom is -0.378 e. The molecule has 1 N–H and O–H groups in total. The number of benzene rings is 1. The van der Waals surface area contributed by atoms with Gasteiger partial charge in [-0.3, -0.25) is 4.79 Å². The van der Waals surface area contributed by atoms with Crippen molar-refractivity contribution in [1.82, 2.24) is 0 Å². The maximum absolute atomic E-state index is 14.4. The van der Waals surface area contributed by atoms with Crippen molar-refractivity contribution in [2.24, 2.45) is 23.2 Å². The lowest BCUT2D eigenvalue weighted by atomic mass is 9.49. The second kappa shape index (κ2) is 6.22. The summed E-state index contributed by atoms with van der Waals surface area (Å²) in [5.41, 5.74) is 1.03. The van der Waals surface area contributed by atoms with Crippen molar-refractivity contribution in [3.8, 4) is 0 Å². The van der Waals surface area contributed by atoms with Crippen LogP contribution in [0.25, 0.3) is 0 Å². The van der Waals surface area contributed by atoms with Gasteiger partial charge in [-0.15, -0.1) is 0 Å². The Bertz CT molecular complexity index is 679. The minimum atomic E-state index is -0.347. The number of anilines is 2. The summed E-state index contributed by atoms with van der Waals surface area (Å²) in [4.78, 5) is 15.4. The first-order chi connectivity index (χ1) is 12.6. The smallest absolute Gasteiger partial charge is 0.230 e. The Morgan fingerprint density at radius 1 is 1.08 bits per heavy atom. The van der Waals surface area contributed by atoms with Crippen molar-refractivity contribution in [2.75, 3.05) is 36.5 Å². The van der Waals surface area contributed by atoms with E-state index in [1.807, 2.05) is 0 Å². The van der Waals surface area contributed by atoms with Gasteiger partial charge in [0.1, 0.15) is 5.82 Å². The zero-order chi connectivity index (χ0) is 17.7. The number of nitrogens with one attached hydrogen (secondary N) is 1. The Balaban J connectivity index is 1.36. The topological polar surface area (TPSA) is 41.6 Å². The number of carbonyl (C=O) groups excluding carboxylic acids is 1. The summed E-state index contributed by atoms with van der Waals surface area (Å²) in [6.45, 7) is 2.97. The summed E-state index contributed by atoms with van der Waals surface area (Å²) in [6.07, 6.45) is 6.88. The highest BCUT2D eigenvalue weighted by atomic mass is 19.1. The van der Waals surface area contributed by atoms with Gasteiger partial charge in [0, 0.05) is 18.8 Å². The van der Waals surface area contributed by atoms with Crippen molar-refractivity contribution < 1.29 is 13.9 Å². The van der Waals surface area contributed by atoms with Crippen LogP contribution in [0, 0.1) is 29.0 Å². The maximum atomic E-state index is 14.4. The molecule has 5 fully saturated rings. The molecule has 4 bridgehead atoms. The number of morpholine rings is 1. The van der Waals surface area contributed by atoms with Crippen LogP contribution >= 0.6 is 0 Å². The average molecular weight is 358 g/mol. The molecule has 1 aromatic carbocycles. The van der Waals surface area contributed by atoms with E-state index in [0.29, 0.717) is 36.7 Å². The van der Waals surface area contributed by atoms with Crippen LogP contribution in [0.4, 0.5) is 15.8 Å². The molecule has 0 unspecified atom stereocenters. The summed E-state index contributed by atoms with van der Waals surface area (Å²) in [5.74, 6) is 1.82. The fraction of sp³-hybridized carbons (Fsp3) is 0.667. The monoisotopic (exact) mass is 358 g/mol. The van der Waals surface area contributed by atoms with E-state index in [-0.39, 0.29) is 17.1 Å². The molecule has 4 saturated carbocycles. The van der Waals surface area contributed by atoms with E-state index in [2.05, 4.69) is 10.2 Å². The Labute approximate surface area is 154 Å². The minimum absolute atomic E-state index is 0.0506. The van der Waals surface area contributed by atoms with Crippen LogP contribution in [-0.2, 0) is 9.53 Å². The highest BCUT2D eigenvalue weighted by molar-refractivity contribution is 5.96. The van der Waals surface area contributed by atoms with E-state index in [1.54, 1.807) is 12.1 Å². The van der Waals surface area contributed by atoms with E-state index in [1.165, 1.54) is 25.3 Å². The van der Waals surface area contributed by atoms with Crippen LogP contribution < -0.4 is 10.2 Å². The SMILES string of the molecule is O=C(Nc1cc(N2CCOCC2)ccc1F)C12CC3CC(CC(C3)C1)C2. The lowest BCUT2D eigenvalue weighted by Gasteiger charge is -2.55. The fourth-order valence-corrected chi connectivity index (χ4v) is 6.27. The third kappa shape index (κ3) is 2.81. The molecule has 1 heterocycles. The predicted octanol–water partition coefficient (Wildman–Crippen LogP) is 3.82. The van der Waals surface area contributed by atoms with Crippen LogP contribution in [0.1, 0.15) is 38.5 Å². The van der Waals surface area contributed by atoms with Gasteiger partial charge in [0.15, 0.2) is 0 Å². The Morgan fingerprint density at radius 2 is 1.69 bits per heavy atom. The average Bonchev–Trinajstić information content (AvgIpc) is 2.63. The Morgan fingerprint density at radius 3 is 2.31 bits per heavy atom. The lowest BCUT2D eigenvalue weighted by molar-refractivity contribution is -0.140.